The maximum atomic E-state index is 8.00. The molecular weight excluding hydrogens is 514 g/mol. The third-order valence-electron chi connectivity index (χ3n) is 7.83. The van der Waals surface area contributed by atoms with E-state index in [1.54, 1.807) is 11.1 Å². The lowest BCUT2D eigenvalue weighted by molar-refractivity contribution is -0.0980. The summed E-state index contributed by atoms with van der Waals surface area (Å²) in [5.74, 6) is 1.27. The summed E-state index contributed by atoms with van der Waals surface area (Å²) in [4.78, 5) is 8.00. The first-order chi connectivity index (χ1) is 19.6. The summed E-state index contributed by atoms with van der Waals surface area (Å²) in [6.45, 7) is 30.9. The van der Waals surface area contributed by atoms with Gasteiger partial charge in [0.25, 0.3) is 0 Å². The van der Waals surface area contributed by atoms with Crippen LogP contribution in [-0.4, -0.2) is 26.0 Å². The van der Waals surface area contributed by atoms with Crippen molar-refractivity contribution in [3.05, 3.63) is 82.6 Å². The van der Waals surface area contributed by atoms with Crippen LogP contribution in [0.5, 0.6) is 0 Å². The van der Waals surface area contributed by atoms with E-state index in [2.05, 4.69) is 84.8 Å². The van der Waals surface area contributed by atoms with Crippen molar-refractivity contribution in [2.75, 3.05) is 13.2 Å². The molecule has 2 atom stereocenters. The zero-order valence-corrected chi connectivity index (χ0v) is 28.1. The number of allylic oxidation sites excluding steroid dienone is 4. The second-order valence-electron chi connectivity index (χ2n) is 12.2. The van der Waals surface area contributed by atoms with Crippen molar-refractivity contribution in [1.82, 2.24) is 5.32 Å². The van der Waals surface area contributed by atoms with Crippen molar-refractivity contribution < 1.29 is 9.53 Å². The molecule has 0 bridgehead atoms. The van der Waals surface area contributed by atoms with Gasteiger partial charge in [-0.3, -0.25) is 0 Å². The number of hydrogen-bond donors (Lipinski definition) is 1. The smallest absolute Gasteiger partial charge is 0.106 e. The summed E-state index contributed by atoms with van der Waals surface area (Å²) < 4.78 is 6.27. The van der Waals surface area contributed by atoms with Crippen LogP contribution < -0.4 is 5.32 Å². The molecule has 0 radical (unpaired) electrons. The lowest BCUT2D eigenvalue weighted by Crippen LogP contribution is -2.36. The molecule has 0 aromatic heterocycles. The molecule has 3 rings (SSSR count). The first-order valence-electron chi connectivity index (χ1n) is 15.9. The minimum Gasteiger partial charge on any atom is -0.386 e. The first kappa shape index (κ1) is 41.7. The Kier molecular flexibility index (Phi) is 23.9. The molecule has 0 saturated carbocycles. The molecule has 2 aliphatic rings. The standard InChI is InChI=1S/C31H49NO.C4H8.C2H4.CH2O.CH4/c1-7-8-9-12-26-19-24(5)31(27-13-10-11-23(4)18-27)28(20-26)16-17-33-21-29-14-15-30(22(2)3)32-25(29)6;1-4(2)3;2*1-2;/h18-20,22,27,30,32H,7-17,21H2,1-6H3;1H2,2-3H3;1-2H2;1H2;1H4. The Balaban J connectivity index is 0. The average molecular weight is 582 g/mol. The van der Waals surface area contributed by atoms with Crippen LogP contribution in [0.2, 0.25) is 0 Å². The summed E-state index contributed by atoms with van der Waals surface area (Å²) in [6, 6.07) is 5.60. The molecule has 0 amide bonds. The number of carbonyl (C=O) groups is 1. The molecule has 1 heterocycles. The zero-order chi connectivity index (χ0) is 31.4. The number of hydrogen-bond acceptors (Lipinski definition) is 3. The summed E-state index contributed by atoms with van der Waals surface area (Å²) in [7, 11) is 0. The van der Waals surface area contributed by atoms with Gasteiger partial charge in [0.2, 0.25) is 0 Å². The largest absolute Gasteiger partial charge is 0.386 e. The topological polar surface area (TPSA) is 38.3 Å². The summed E-state index contributed by atoms with van der Waals surface area (Å²) in [6.07, 6.45) is 14.9. The molecule has 2 unspecified atom stereocenters. The van der Waals surface area contributed by atoms with E-state index >= 15 is 0 Å². The Morgan fingerprint density at radius 1 is 1.02 bits per heavy atom. The SMILES string of the molecule is C.C=C.C=C(C)C.C=O.CCCCCc1cc(C)c(C2C=C(C)CCC2)c(CCOCC2=C(C)NC(C(C)C)CC2)c1. The van der Waals surface area contributed by atoms with Gasteiger partial charge < -0.3 is 14.8 Å². The lowest BCUT2D eigenvalue weighted by atomic mass is 9.80. The van der Waals surface area contributed by atoms with Crippen LogP contribution >= 0.6 is 0 Å². The van der Waals surface area contributed by atoms with Crippen molar-refractivity contribution >= 4 is 6.79 Å². The van der Waals surface area contributed by atoms with Crippen LogP contribution in [0.25, 0.3) is 0 Å². The van der Waals surface area contributed by atoms with Gasteiger partial charge in [-0.05, 0) is 120 Å². The molecule has 3 nitrogen and oxygen atoms in total. The normalized spacial score (nSPS) is 17.6. The van der Waals surface area contributed by atoms with Crippen LogP contribution in [0.4, 0.5) is 0 Å². The monoisotopic (exact) mass is 582 g/mol. The number of aryl methyl sites for hydroxylation is 2. The number of unbranched alkanes of at least 4 members (excludes halogenated alkanes) is 2. The Bertz CT molecular complexity index is 949. The fourth-order valence-corrected chi connectivity index (χ4v) is 5.78. The first-order valence-corrected chi connectivity index (χ1v) is 15.9. The molecule has 1 aromatic rings. The van der Waals surface area contributed by atoms with E-state index in [0.717, 1.165) is 19.6 Å². The number of carbonyl (C=O) groups excluding carboxylic acids is 1. The number of benzene rings is 1. The molecule has 1 N–H and O–H groups in total. The van der Waals surface area contributed by atoms with Crippen LogP contribution in [0, 0.1) is 12.8 Å². The molecule has 1 aliphatic heterocycles. The highest BCUT2D eigenvalue weighted by Gasteiger charge is 2.21. The van der Waals surface area contributed by atoms with Gasteiger partial charge >= 0.3 is 0 Å². The molecule has 0 saturated heterocycles. The second kappa shape index (κ2) is 24.1. The molecule has 1 aromatic carbocycles. The molecular formula is C39H67NO2. The van der Waals surface area contributed by atoms with Gasteiger partial charge in [-0.15, -0.1) is 19.7 Å². The van der Waals surface area contributed by atoms with E-state index in [-0.39, 0.29) is 7.43 Å². The van der Waals surface area contributed by atoms with E-state index in [9.17, 15) is 0 Å². The Labute approximate surface area is 262 Å². The second-order valence-corrected chi connectivity index (χ2v) is 12.2. The third-order valence-corrected chi connectivity index (χ3v) is 7.83. The van der Waals surface area contributed by atoms with Crippen molar-refractivity contribution in [2.24, 2.45) is 5.92 Å². The van der Waals surface area contributed by atoms with Gasteiger partial charge in [-0.2, -0.15) is 0 Å². The minimum atomic E-state index is 0. The summed E-state index contributed by atoms with van der Waals surface area (Å²) in [5, 5.41) is 3.71. The van der Waals surface area contributed by atoms with Gasteiger partial charge in [-0.1, -0.05) is 70.4 Å². The summed E-state index contributed by atoms with van der Waals surface area (Å²) >= 11 is 0. The van der Waals surface area contributed by atoms with Crippen LogP contribution in [0.3, 0.4) is 0 Å². The van der Waals surface area contributed by atoms with Crippen LogP contribution in [-0.2, 0) is 22.4 Å². The molecule has 240 valence electrons. The van der Waals surface area contributed by atoms with Crippen LogP contribution in [0.1, 0.15) is 135 Å². The van der Waals surface area contributed by atoms with E-state index in [1.165, 1.54) is 91.3 Å². The molecule has 1 aliphatic carbocycles. The number of ether oxygens (including phenoxy) is 1. The van der Waals surface area contributed by atoms with Crippen molar-refractivity contribution in [3.8, 4) is 0 Å². The molecule has 42 heavy (non-hydrogen) atoms. The fourth-order valence-electron chi connectivity index (χ4n) is 5.78. The van der Waals surface area contributed by atoms with E-state index in [4.69, 9.17) is 9.53 Å². The quantitative estimate of drug-likeness (QED) is 0.209. The Morgan fingerprint density at radius 3 is 2.21 bits per heavy atom. The van der Waals surface area contributed by atoms with Gasteiger partial charge in [0.1, 0.15) is 6.79 Å². The van der Waals surface area contributed by atoms with Crippen molar-refractivity contribution in [1.29, 1.82) is 0 Å². The van der Waals surface area contributed by atoms with Gasteiger partial charge in [0.05, 0.1) is 13.2 Å². The fraction of sp³-hybridized carbons (Fsp3) is 0.615. The predicted molar refractivity (Wildman–Crippen MR) is 189 cm³/mol. The van der Waals surface area contributed by atoms with Crippen molar-refractivity contribution in [3.63, 3.8) is 0 Å². The van der Waals surface area contributed by atoms with Gasteiger partial charge in [-0.25, -0.2) is 0 Å². The highest BCUT2D eigenvalue weighted by Crippen LogP contribution is 2.36. The van der Waals surface area contributed by atoms with E-state index < -0.39 is 0 Å². The zero-order valence-electron chi connectivity index (χ0n) is 28.1. The highest BCUT2D eigenvalue weighted by molar-refractivity contribution is 5.44. The number of rotatable bonds is 11. The summed E-state index contributed by atoms with van der Waals surface area (Å²) in [5.41, 5.74) is 11.7. The highest BCUT2D eigenvalue weighted by atomic mass is 16.5. The Morgan fingerprint density at radius 2 is 1.67 bits per heavy atom. The molecule has 0 fully saturated rings. The van der Waals surface area contributed by atoms with Gasteiger partial charge in [0.15, 0.2) is 0 Å². The van der Waals surface area contributed by atoms with Gasteiger partial charge in [0, 0.05) is 17.7 Å². The maximum Gasteiger partial charge on any atom is 0.106 e. The van der Waals surface area contributed by atoms with Crippen LogP contribution in [0.15, 0.2) is 60.4 Å². The average Bonchev–Trinajstić information content (AvgIpc) is 2.93. The minimum absolute atomic E-state index is 0. The van der Waals surface area contributed by atoms with E-state index in [0.29, 0.717) is 17.9 Å². The predicted octanol–water partition coefficient (Wildman–Crippen LogP) is 11.0. The Hall–Kier alpha value is -2.39. The van der Waals surface area contributed by atoms with Crippen molar-refractivity contribution in [2.45, 2.75) is 139 Å². The van der Waals surface area contributed by atoms with E-state index in [1.807, 2.05) is 20.6 Å². The number of nitrogens with one attached hydrogen (secondary N) is 1. The molecule has 3 heteroatoms. The third kappa shape index (κ3) is 15.7. The maximum absolute atomic E-state index is 8.00. The lowest BCUT2D eigenvalue weighted by Gasteiger charge is -2.30. The molecule has 0 spiro atoms.